The summed E-state index contributed by atoms with van der Waals surface area (Å²) in [6.07, 6.45) is 0. The van der Waals surface area contributed by atoms with E-state index in [1.54, 1.807) is 24.3 Å². The van der Waals surface area contributed by atoms with Crippen LogP contribution in [0.4, 0.5) is 0 Å². The molecule has 1 aliphatic carbocycles. The van der Waals surface area contributed by atoms with Crippen molar-refractivity contribution in [1.82, 2.24) is 0 Å². The van der Waals surface area contributed by atoms with Gasteiger partial charge in [-0.2, -0.15) is 0 Å². The van der Waals surface area contributed by atoms with Crippen LogP contribution in [0.2, 0.25) is 0 Å². The molecule has 132 valence electrons. The lowest BCUT2D eigenvalue weighted by atomic mass is 9.79. The standard InChI is InChI=1S/C26H16O2/c27-25-20-13-7-8-14-21(20)26(28)24-22(18-11-5-2-6-12-18)15-19(16-23(24)25)17-9-3-1-4-10-17/h1-16H. The summed E-state index contributed by atoms with van der Waals surface area (Å²) >= 11 is 0. The van der Waals surface area contributed by atoms with Crippen molar-refractivity contribution < 1.29 is 9.59 Å². The van der Waals surface area contributed by atoms with E-state index in [4.69, 9.17) is 0 Å². The molecule has 28 heavy (non-hydrogen) atoms. The molecule has 0 saturated carbocycles. The predicted molar refractivity (Wildman–Crippen MR) is 111 cm³/mol. The molecule has 1 aliphatic rings. The number of rotatable bonds is 2. The minimum absolute atomic E-state index is 0.0938. The zero-order valence-electron chi connectivity index (χ0n) is 15.1. The summed E-state index contributed by atoms with van der Waals surface area (Å²) in [5.41, 5.74) is 5.59. The summed E-state index contributed by atoms with van der Waals surface area (Å²) in [7, 11) is 0. The number of carbonyl (C=O) groups is 2. The van der Waals surface area contributed by atoms with E-state index in [1.165, 1.54) is 0 Å². The van der Waals surface area contributed by atoms with Gasteiger partial charge in [-0.1, -0.05) is 84.9 Å². The van der Waals surface area contributed by atoms with Crippen molar-refractivity contribution in [3.63, 3.8) is 0 Å². The lowest BCUT2D eigenvalue weighted by molar-refractivity contribution is 0.0979. The molecule has 4 aromatic rings. The summed E-state index contributed by atoms with van der Waals surface area (Å²) in [4.78, 5) is 26.6. The first kappa shape index (κ1) is 16.4. The van der Waals surface area contributed by atoms with Crippen LogP contribution in [0.3, 0.4) is 0 Å². The zero-order chi connectivity index (χ0) is 19.1. The third kappa shape index (κ3) is 2.50. The van der Waals surface area contributed by atoms with Gasteiger partial charge in [0.15, 0.2) is 11.6 Å². The minimum atomic E-state index is -0.0971. The van der Waals surface area contributed by atoms with E-state index < -0.39 is 0 Å². The number of benzene rings is 4. The highest BCUT2D eigenvalue weighted by atomic mass is 16.1. The topological polar surface area (TPSA) is 34.1 Å². The molecule has 0 spiro atoms. The molecule has 0 radical (unpaired) electrons. The summed E-state index contributed by atoms with van der Waals surface area (Å²) in [6.45, 7) is 0. The third-order valence-electron chi connectivity index (χ3n) is 5.22. The Balaban J connectivity index is 1.84. The van der Waals surface area contributed by atoms with Gasteiger partial charge in [0.1, 0.15) is 0 Å². The molecular weight excluding hydrogens is 344 g/mol. The van der Waals surface area contributed by atoms with Crippen LogP contribution in [0, 0.1) is 0 Å². The summed E-state index contributed by atoms with van der Waals surface area (Å²) < 4.78 is 0. The maximum atomic E-state index is 13.3. The predicted octanol–water partition coefficient (Wildman–Crippen LogP) is 5.80. The second-order valence-electron chi connectivity index (χ2n) is 6.88. The zero-order valence-corrected chi connectivity index (χ0v) is 15.1. The highest BCUT2D eigenvalue weighted by Gasteiger charge is 2.32. The second kappa shape index (κ2) is 6.43. The quantitative estimate of drug-likeness (QED) is 0.399. The average molecular weight is 360 g/mol. The van der Waals surface area contributed by atoms with Crippen LogP contribution in [0.15, 0.2) is 97.1 Å². The molecule has 4 aromatic carbocycles. The first-order valence-electron chi connectivity index (χ1n) is 9.21. The van der Waals surface area contributed by atoms with Crippen molar-refractivity contribution in [3.8, 4) is 22.3 Å². The van der Waals surface area contributed by atoms with E-state index in [2.05, 4.69) is 0 Å². The van der Waals surface area contributed by atoms with Gasteiger partial charge in [-0.15, -0.1) is 0 Å². The smallest absolute Gasteiger partial charge is 0.195 e. The van der Waals surface area contributed by atoms with E-state index >= 15 is 0 Å². The van der Waals surface area contributed by atoms with E-state index in [9.17, 15) is 9.59 Å². The van der Waals surface area contributed by atoms with Crippen LogP contribution >= 0.6 is 0 Å². The van der Waals surface area contributed by atoms with Gasteiger partial charge in [0.25, 0.3) is 0 Å². The molecular formula is C26H16O2. The summed E-state index contributed by atoms with van der Waals surface area (Å²) in [5, 5.41) is 0. The molecule has 0 atom stereocenters. The number of hydrogen-bond donors (Lipinski definition) is 0. The molecule has 0 fully saturated rings. The highest BCUT2D eigenvalue weighted by molar-refractivity contribution is 6.30. The van der Waals surface area contributed by atoms with Crippen LogP contribution in [-0.2, 0) is 0 Å². The fraction of sp³-hybridized carbons (Fsp3) is 0. The third-order valence-corrected chi connectivity index (χ3v) is 5.22. The van der Waals surface area contributed by atoms with Crippen molar-refractivity contribution in [2.75, 3.05) is 0 Å². The largest absolute Gasteiger partial charge is 0.289 e. The lowest BCUT2D eigenvalue weighted by Gasteiger charge is -2.22. The van der Waals surface area contributed by atoms with Crippen molar-refractivity contribution in [2.24, 2.45) is 0 Å². The van der Waals surface area contributed by atoms with Crippen LogP contribution in [0.25, 0.3) is 22.3 Å². The Kier molecular flexibility index (Phi) is 3.77. The van der Waals surface area contributed by atoms with Crippen molar-refractivity contribution in [3.05, 3.63) is 119 Å². The number of carbonyl (C=O) groups excluding carboxylic acids is 2. The molecule has 0 aliphatic heterocycles. The van der Waals surface area contributed by atoms with Crippen molar-refractivity contribution in [1.29, 1.82) is 0 Å². The molecule has 0 heterocycles. The van der Waals surface area contributed by atoms with Gasteiger partial charge in [0, 0.05) is 22.3 Å². The van der Waals surface area contributed by atoms with Gasteiger partial charge < -0.3 is 0 Å². The highest BCUT2D eigenvalue weighted by Crippen LogP contribution is 2.38. The Morgan fingerprint density at radius 1 is 0.393 bits per heavy atom. The van der Waals surface area contributed by atoms with Gasteiger partial charge in [-0.05, 0) is 34.4 Å². The van der Waals surface area contributed by atoms with Crippen molar-refractivity contribution in [2.45, 2.75) is 0 Å². The van der Waals surface area contributed by atoms with E-state index in [1.807, 2.05) is 72.8 Å². The number of ketones is 2. The van der Waals surface area contributed by atoms with Crippen LogP contribution in [0.1, 0.15) is 31.8 Å². The first-order valence-corrected chi connectivity index (χ1v) is 9.21. The van der Waals surface area contributed by atoms with Gasteiger partial charge in [0.2, 0.25) is 0 Å². The van der Waals surface area contributed by atoms with Gasteiger partial charge in [-0.3, -0.25) is 9.59 Å². The normalized spacial score (nSPS) is 12.4. The summed E-state index contributed by atoms with van der Waals surface area (Å²) in [6, 6.07) is 30.7. The molecule has 0 bridgehead atoms. The van der Waals surface area contributed by atoms with E-state index in [0.717, 1.165) is 22.3 Å². The fourth-order valence-corrected chi connectivity index (χ4v) is 3.87. The van der Waals surface area contributed by atoms with E-state index in [0.29, 0.717) is 22.3 Å². The Morgan fingerprint density at radius 2 is 0.893 bits per heavy atom. The Labute approximate surface area is 163 Å². The molecule has 5 rings (SSSR count). The van der Waals surface area contributed by atoms with Gasteiger partial charge in [0.05, 0.1) is 0 Å². The molecule has 2 nitrogen and oxygen atoms in total. The molecule has 0 amide bonds. The van der Waals surface area contributed by atoms with Crippen LogP contribution in [0.5, 0.6) is 0 Å². The fourth-order valence-electron chi connectivity index (χ4n) is 3.87. The molecule has 0 aromatic heterocycles. The molecule has 0 saturated heterocycles. The maximum Gasteiger partial charge on any atom is 0.195 e. The van der Waals surface area contributed by atoms with E-state index in [-0.39, 0.29) is 11.6 Å². The summed E-state index contributed by atoms with van der Waals surface area (Å²) in [5.74, 6) is -0.191. The maximum absolute atomic E-state index is 13.3. The molecule has 0 N–H and O–H groups in total. The van der Waals surface area contributed by atoms with Crippen LogP contribution in [-0.4, -0.2) is 11.6 Å². The van der Waals surface area contributed by atoms with Gasteiger partial charge >= 0.3 is 0 Å². The Morgan fingerprint density at radius 3 is 1.54 bits per heavy atom. The SMILES string of the molecule is O=C1c2ccccc2C(=O)c2c1cc(-c1ccccc1)cc2-c1ccccc1. The molecule has 0 unspecified atom stereocenters. The molecule has 2 heteroatoms. The monoisotopic (exact) mass is 360 g/mol. The van der Waals surface area contributed by atoms with Crippen molar-refractivity contribution >= 4 is 11.6 Å². The Bertz CT molecular complexity index is 1220. The minimum Gasteiger partial charge on any atom is -0.289 e. The lowest BCUT2D eigenvalue weighted by Crippen LogP contribution is -2.22. The number of hydrogen-bond acceptors (Lipinski definition) is 2. The average Bonchev–Trinajstić information content (AvgIpc) is 2.78. The Hall–Kier alpha value is -3.78. The first-order chi connectivity index (χ1) is 13.7. The second-order valence-corrected chi connectivity index (χ2v) is 6.88. The van der Waals surface area contributed by atoms with Crippen LogP contribution < -0.4 is 0 Å². The number of fused-ring (bicyclic) bond motifs is 2. The van der Waals surface area contributed by atoms with Gasteiger partial charge in [-0.25, -0.2) is 0 Å².